The van der Waals surface area contributed by atoms with Crippen LogP contribution in [0.1, 0.15) is 27.2 Å². The second-order valence-electron chi connectivity index (χ2n) is 3.76. The van der Waals surface area contributed by atoms with E-state index in [9.17, 15) is 14.7 Å². The lowest BCUT2D eigenvalue weighted by molar-refractivity contribution is -0.158. The fourth-order valence-corrected chi connectivity index (χ4v) is 3.67. The van der Waals surface area contributed by atoms with Gasteiger partial charge < -0.3 is 10.0 Å². The van der Waals surface area contributed by atoms with Gasteiger partial charge >= 0.3 is 5.97 Å². The van der Waals surface area contributed by atoms with E-state index in [-0.39, 0.29) is 11.2 Å². The summed E-state index contributed by atoms with van der Waals surface area (Å²) in [7, 11) is 0. The molecule has 1 fully saturated rings. The van der Waals surface area contributed by atoms with Crippen molar-refractivity contribution in [3.05, 3.63) is 0 Å². The molecule has 1 rings (SSSR count). The topological polar surface area (TPSA) is 57.6 Å². The first kappa shape index (κ1) is 12.4. The Kier molecular flexibility index (Phi) is 3.65. The Morgan fingerprint density at radius 2 is 2.20 bits per heavy atom. The standard InChI is InChI=1S/C10H17NO3S/c1-4-11(8(3)12)10(9(13)14)5-6-15-7(10)2/h7H,4-6H2,1-3H3,(H,13,14). The molecular formula is C10H17NO3S. The summed E-state index contributed by atoms with van der Waals surface area (Å²) >= 11 is 1.62. The number of rotatable bonds is 3. The second-order valence-corrected chi connectivity index (χ2v) is 5.20. The zero-order valence-electron chi connectivity index (χ0n) is 9.32. The Balaban J connectivity index is 3.10. The van der Waals surface area contributed by atoms with Crippen LogP contribution in [-0.2, 0) is 9.59 Å². The van der Waals surface area contributed by atoms with Gasteiger partial charge in [-0.3, -0.25) is 4.79 Å². The molecule has 1 aliphatic rings. The molecule has 2 atom stereocenters. The molecule has 4 nitrogen and oxygen atoms in total. The summed E-state index contributed by atoms with van der Waals surface area (Å²) in [6.07, 6.45) is 0.543. The maximum atomic E-state index is 11.5. The molecule has 0 aromatic carbocycles. The lowest BCUT2D eigenvalue weighted by atomic mass is 9.90. The zero-order valence-corrected chi connectivity index (χ0v) is 10.1. The van der Waals surface area contributed by atoms with Crippen molar-refractivity contribution < 1.29 is 14.7 Å². The van der Waals surface area contributed by atoms with Gasteiger partial charge in [0.25, 0.3) is 0 Å². The van der Waals surface area contributed by atoms with Crippen LogP contribution in [0, 0.1) is 0 Å². The van der Waals surface area contributed by atoms with E-state index in [4.69, 9.17) is 0 Å². The number of carboxylic acids is 1. The highest BCUT2D eigenvalue weighted by Crippen LogP contribution is 2.40. The van der Waals surface area contributed by atoms with E-state index in [1.807, 2.05) is 13.8 Å². The SMILES string of the molecule is CCN(C(C)=O)C1(C(=O)O)CCSC1C. The van der Waals surface area contributed by atoms with Crippen molar-refractivity contribution in [3.8, 4) is 0 Å². The summed E-state index contributed by atoms with van der Waals surface area (Å²) in [6.45, 7) is 5.59. The minimum Gasteiger partial charge on any atom is -0.479 e. The number of nitrogens with zero attached hydrogens (tertiary/aromatic N) is 1. The fraction of sp³-hybridized carbons (Fsp3) is 0.800. The number of amides is 1. The number of carboxylic acid groups (broad SMARTS) is 1. The molecule has 1 heterocycles. The summed E-state index contributed by atoms with van der Waals surface area (Å²) in [5, 5.41) is 9.33. The van der Waals surface area contributed by atoms with Crippen LogP contribution in [0.4, 0.5) is 0 Å². The van der Waals surface area contributed by atoms with E-state index in [2.05, 4.69) is 0 Å². The Morgan fingerprint density at radius 3 is 2.47 bits per heavy atom. The highest BCUT2D eigenvalue weighted by Gasteiger charge is 2.52. The van der Waals surface area contributed by atoms with Gasteiger partial charge in [0.15, 0.2) is 5.54 Å². The molecule has 1 saturated heterocycles. The van der Waals surface area contributed by atoms with E-state index in [1.165, 1.54) is 11.8 Å². The van der Waals surface area contributed by atoms with Gasteiger partial charge in [-0.25, -0.2) is 4.79 Å². The summed E-state index contributed by atoms with van der Waals surface area (Å²) in [6, 6.07) is 0. The molecule has 0 aromatic rings. The van der Waals surface area contributed by atoms with Crippen LogP contribution in [0.25, 0.3) is 0 Å². The van der Waals surface area contributed by atoms with Crippen LogP contribution in [0.2, 0.25) is 0 Å². The summed E-state index contributed by atoms with van der Waals surface area (Å²) < 4.78 is 0. The fourth-order valence-electron chi connectivity index (χ4n) is 2.27. The summed E-state index contributed by atoms with van der Waals surface area (Å²) in [4.78, 5) is 24.4. The predicted molar refractivity (Wildman–Crippen MR) is 60.0 cm³/mol. The van der Waals surface area contributed by atoms with Crippen molar-refractivity contribution in [2.24, 2.45) is 0 Å². The Bertz CT molecular complexity index is 282. The molecule has 0 bridgehead atoms. The van der Waals surface area contributed by atoms with Gasteiger partial charge in [0.1, 0.15) is 0 Å². The monoisotopic (exact) mass is 231 g/mol. The average Bonchev–Trinajstić information content (AvgIpc) is 2.49. The third-order valence-corrected chi connectivity index (χ3v) is 4.40. The van der Waals surface area contributed by atoms with Crippen molar-refractivity contribution >= 4 is 23.6 Å². The Hall–Kier alpha value is -0.710. The first-order chi connectivity index (χ1) is 6.96. The van der Waals surface area contributed by atoms with Crippen LogP contribution >= 0.6 is 11.8 Å². The molecule has 0 saturated carbocycles. The van der Waals surface area contributed by atoms with Crippen molar-refractivity contribution in [2.45, 2.75) is 38.0 Å². The first-order valence-electron chi connectivity index (χ1n) is 5.10. The van der Waals surface area contributed by atoms with E-state index in [0.29, 0.717) is 13.0 Å². The number of carbonyl (C=O) groups is 2. The Labute approximate surface area is 94.0 Å². The van der Waals surface area contributed by atoms with Gasteiger partial charge in [-0.1, -0.05) is 6.92 Å². The number of likely N-dealkylation sites (N-methyl/N-ethyl adjacent to an activating group) is 1. The number of hydrogen-bond donors (Lipinski definition) is 1. The van der Waals surface area contributed by atoms with Crippen LogP contribution in [0.5, 0.6) is 0 Å². The van der Waals surface area contributed by atoms with E-state index in [0.717, 1.165) is 5.75 Å². The summed E-state index contributed by atoms with van der Waals surface area (Å²) in [5.74, 6) is -0.233. The van der Waals surface area contributed by atoms with Crippen molar-refractivity contribution in [3.63, 3.8) is 0 Å². The molecular weight excluding hydrogens is 214 g/mol. The molecule has 1 N–H and O–H groups in total. The average molecular weight is 231 g/mol. The minimum absolute atomic E-state index is 0.0427. The van der Waals surface area contributed by atoms with Crippen LogP contribution < -0.4 is 0 Å². The summed E-state index contributed by atoms with van der Waals surface area (Å²) in [5.41, 5.74) is -0.995. The zero-order chi connectivity index (χ0) is 11.6. The largest absolute Gasteiger partial charge is 0.479 e. The number of carbonyl (C=O) groups excluding carboxylic acids is 1. The number of hydrogen-bond acceptors (Lipinski definition) is 3. The lowest BCUT2D eigenvalue weighted by Crippen LogP contribution is -2.59. The molecule has 86 valence electrons. The highest BCUT2D eigenvalue weighted by molar-refractivity contribution is 8.00. The first-order valence-corrected chi connectivity index (χ1v) is 6.15. The molecule has 0 spiro atoms. The normalized spacial score (nSPS) is 30.2. The van der Waals surface area contributed by atoms with Crippen molar-refractivity contribution in [1.29, 1.82) is 0 Å². The maximum absolute atomic E-state index is 11.5. The number of thioether (sulfide) groups is 1. The van der Waals surface area contributed by atoms with E-state index < -0.39 is 11.5 Å². The van der Waals surface area contributed by atoms with E-state index >= 15 is 0 Å². The van der Waals surface area contributed by atoms with Gasteiger partial charge in [-0.2, -0.15) is 11.8 Å². The van der Waals surface area contributed by atoms with Gasteiger partial charge in [-0.15, -0.1) is 0 Å². The molecule has 1 amide bonds. The Morgan fingerprint density at radius 1 is 1.60 bits per heavy atom. The van der Waals surface area contributed by atoms with E-state index in [1.54, 1.807) is 11.8 Å². The molecule has 5 heteroatoms. The highest BCUT2D eigenvalue weighted by atomic mass is 32.2. The maximum Gasteiger partial charge on any atom is 0.330 e. The molecule has 0 aromatic heterocycles. The molecule has 15 heavy (non-hydrogen) atoms. The third kappa shape index (κ3) is 1.85. The quantitative estimate of drug-likeness (QED) is 0.793. The lowest BCUT2D eigenvalue weighted by Gasteiger charge is -2.39. The molecule has 2 unspecified atom stereocenters. The van der Waals surface area contributed by atoms with Crippen molar-refractivity contribution in [2.75, 3.05) is 12.3 Å². The second kappa shape index (κ2) is 4.43. The van der Waals surface area contributed by atoms with Gasteiger partial charge in [-0.05, 0) is 19.1 Å². The van der Waals surface area contributed by atoms with Gasteiger partial charge in [0.05, 0.1) is 0 Å². The van der Waals surface area contributed by atoms with Gasteiger partial charge in [0.2, 0.25) is 5.91 Å². The third-order valence-electron chi connectivity index (χ3n) is 3.07. The van der Waals surface area contributed by atoms with Crippen LogP contribution in [0.3, 0.4) is 0 Å². The van der Waals surface area contributed by atoms with Gasteiger partial charge in [0, 0.05) is 18.7 Å². The minimum atomic E-state index is -0.995. The predicted octanol–water partition coefficient (Wildman–Crippen LogP) is 1.20. The molecule has 0 aliphatic carbocycles. The van der Waals surface area contributed by atoms with Crippen LogP contribution in [0.15, 0.2) is 0 Å². The number of aliphatic carboxylic acids is 1. The molecule has 0 radical (unpaired) electrons. The van der Waals surface area contributed by atoms with Crippen LogP contribution in [-0.4, -0.2) is 45.0 Å². The smallest absolute Gasteiger partial charge is 0.330 e. The molecule has 1 aliphatic heterocycles. The van der Waals surface area contributed by atoms with Crippen molar-refractivity contribution in [1.82, 2.24) is 4.90 Å².